The van der Waals surface area contributed by atoms with E-state index in [2.05, 4.69) is 10.3 Å². The Balaban J connectivity index is 1.64. The summed E-state index contributed by atoms with van der Waals surface area (Å²) in [5, 5.41) is 14.1. The van der Waals surface area contributed by atoms with Gasteiger partial charge in [0.15, 0.2) is 5.16 Å². The van der Waals surface area contributed by atoms with E-state index in [1.54, 1.807) is 43.3 Å². The Morgan fingerprint density at radius 2 is 2.09 bits per heavy atom. The first kappa shape index (κ1) is 22.6. The van der Waals surface area contributed by atoms with Crippen LogP contribution in [0.1, 0.15) is 12.7 Å². The van der Waals surface area contributed by atoms with Gasteiger partial charge in [-0.1, -0.05) is 29.4 Å². The van der Waals surface area contributed by atoms with Crippen molar-refractivity contribution in [2.75, 3.05) is 5.32 Å². The third-order valence-electron chi connectivity index (χ3n) is 4.75. The third kappa shape index (κ3) is 5.07. The van der Waals surface area contributed by atoms with E-state index >= 15 is 0 Å². The lowest BCUT2D eigenvalue weighted by atomic mass is 10.2. The molecule has 9 nitrogen and oxygen atoms in total. The number of furan rings is 1. The number of nitro groups is 1. The minimum atomic E-state index is -0.671. The number of fused-ring (bicyclic) bond motifs is 1. The lowest BCUT2D eigenvalue weighted by Crippen LogP contribution is -2.27. The summed E-state index contributed by atoms with van der Waals surface area (Å²) in [6, 6.07) is 13.9. The second-order valence-corrected chi connectivity index (χ2v) is 8.83. The smallest absolute Gasteiger partial charge is 0.271 e. The first-order valence-electron chi connectivity index (χ1n) is 9.76. The highest BCUT2D eigenvalue weighted by Gasteiger charge is 2.21. The number of nitrogens with zero attached hydrogens (tertiary/aromatic N) is 3. The molecule has 0 radical (unpaired) electrons. The number of rotatable bonds is 7. The number of anilines is 1. The maximum absolute atomic E-state index is 13.2. The molecule has 168 valence electrons. The Hall–Kier alpha value is -3.63. The van der Waals surface area contributed by atoms with Crippen molar-refractivity contribution in [3.63, 3.8) is 0 Å². The number of carbonyl (C=O) groups excluding carboxylic acids is 1. The van der Waals surface area contributed by atoms with E-state index in [-0.39, 0.29) is 17.8 Å². The van der Waals surface area contributed by atoms with Gasteiger partial charge in [-0.2, -0.15) is 0 Å². The zero-order valence-corrected chi connectivity index (χ0v) is 18.8. The van der Waals surface area contributed by atoms with Crippen molar-refractivity contribution >= 4 is 51.5 Å². The van der Waals surface area contributed by atoms with Gasteiger partial charge in [0.1, 0.15) is 5.76 Å². The molecular weight excluding hydrogens is 468 g/mol. The maximum Gasteiger partial charge on any atom is 0.271 e. The van der Waals surface area contributed by atoms with Crippen LogP contribution in [0.3, 0.4) is 0 Å². The highest BCUT2D eigenvalue weighted by Crippen LogP contribution is 2.26. The summed E-state index contributed by atoms with van der Waals surface area (Å²) < 4.78 is 6.83. The minimum absolute atomic E-state index is 0.131. The molecule has 2 aromatic carbocycles. The van der Waals surface area contributed by atoms with Crippen molar-refractivity contribution in [2.24, 2.45) is 0 Å². The van der Waals surface area contributed by atoms with Gasteiger partial charge in [0.2, 0.25) is 5.91 Å². The summed E-state index contributed by atoms with van der Waals surface area (Å²) in [6.07, 6.45) is 1.51. The number of carbonyl (C=O) groups is 1. The normalized spacial score (nSPS) is 11.9. The SMILES string of the molecule is CC(Sc1nc2cc(Cl)ccc2c(=O)n1Cc1ccco1)C(=O)Nc1cccc([N+](=O)[O-])c1. The second kappa shape index (κ2) is 9.47. The number of halogens is 1. The van der Waals surface area contributed by atoms with Crippen molar-refractivity contribution in [1.29, 1.82) is 0 Å². The van der Waals surface area contributed by atoms with E-state index in [0.29, 0.717) is 32.5 Å². The molecule has 0 fully saturated rings. The first-order chi connectivity index (χ1) is 15.8. The van der Waals surface area contributed by atoms with Crippen LogP contribution >= 0.6 is 23.4 Å². The molecule has 1 amide bonds. The summed E-state index contributed by atoms with van der Waals surface area (Å²) in [4.78, 5) is 41.0. The Morgan fingerprint density at radius 3 is 2.82 bits per heavy atom. The number of hydrogen-bond acceptors (Lipinski definition) is 7. The molecule has 1 unspecified atom stereocenters. The van der Waals surface area contributed by atoms with Gasteiger partial charge in [0.25, 0.3) is 11.2 Å². The first-order valence-corrected chi connectivity index (χ1v) is 11.0. The summed E-state index contributed by atoms with van der Waals surface area (Å²) in [5.41, 5.74) is 0.292. The molecule has 1 atom stereocenters. The Labute approximate surface area is 196 Å². The average Bonchev–Trinajstić information content (AvgIpc) is 3.29. The van der Waals surface area contributed by atoms with Crippen LogP contribution in [0.15, 0.2) is 75.2 Å². The molecule has 0 bridgehead atoms. The van der Waals surface area contributed by atoms with E-state index in [4.69, 9.17) is 16.0 Å². The fraction of sp³-hybridized carbons (Fsp3) is 0.136. The maximum atomic E-state index is 13.2. The lowest BCUT2D eigenvalue weighted by molar-refractivity contribution is -0.384. The number of aromatic nitrogens is 2. The van der Waals surface area contributed by atoms with Crippen molar-refractivity contribution in [3.05, 3.63) is 92.1 Å². The molecule has 0 spiro atoms. The number of non-ortho nitro benzene ring substituents is 1. The fourth-order valence-electron chi connectivity index (χ4n) is 3.11. The highest BCUT2D eigenvalue weighted by molar-refractivity contribution is 8.00. The Kier molecular flexibility index (Phi) is 6.47. The lowest BCUT2D eigenvalue weighted by Gasteiger charge is -2.16. The Morgan fingerprint density at radius 1 is 1.27 bits per heavy atom. The predicted octanol–water partition coefficient (Wildman–Crippen LogP) is 4.72. The van der Waals surface area contributed by atoms with Crippen LogP contribution in [0.25, 0.3) is 10.9 Å². The standard InChI is InChI=1S/C22H17ClN4O5S/c1-13(20(28)24-15-4-2-5-16(11-15)27(30)31)33-22-25-19-10-14(23)7-8-18(19)21(29)26(22)12-17-6-3-9-32-17/h2-11,13H,12H2,1H3,(H,24,28). The van der Waals surface area contributed by atoms with Gasteiger partial charge in [-0.25, -0.2) is 4.98 Å². The van der Waals surface area contributed by atoms with Crippen LogP contribution in [-0.4, -0.2) is 25.6 Å². The zero-order valence-electron chi connectivity index (χ0n) is 17.2. The summed E-state index contributed by atoms with van der Waals surface area (Å²) in [7, 11) is 0. The van der Waals surface area contributed by atoms with Crippen LogP contribution in [0.4, 0.5) is 11.4 Å². The van der Waals surface area contributed by atoms with E-state index < -0.39 is 16.1 Å². The number of benzene rings is 2. The monoisotopic (exact) mass is 484 g/mol. The van der Waals surface area contributed by atoms with Crippen LogP contribution in [0.5, 0.6) is 0 Å². The molecule has 2 heterocycles. The molecular formula is C22H17ClN4O5S. The number of nitro benzene ring substituents is 1. The van der Waals surface area contributed by atoms with E-state index in [0.717, 1.165) is 11.8 Å². The molecule has 1 N–H and O–H groups in total. The van der Waals surface area contributed by atoms with Gasteiger partial charge in [-0.15, -0.1) is 0 Å². The summed E-state index contributed by atoms with van der Waals surface area (Å²) in [5.74, 6) is 0.160. The molecule has 0 saturated heterocycles. The van der Waals surface area contributed by atoms with Gasteiger partial charge >= 0.3 is 0 Å². The Bertz CT molecular complexity index is 1400. The van der Waals surface area contributed by atoms with Crippen molar-refractivity contribution in [2.45, 2.75) is 23.9 Å². The van der Waals surface area contributed by atoms with Gasteiger partial charge in [0.05, 0.1) is 33.9 Å². The number of hydrogen-bond donors (Lipinski definition) is 1. The fourth-order valence-corrected chi connectivity index (χ4v) is 4.19. The van der Waals surface area contributed by atoms with Gasteiger partial charge in [0, 0.05) is 22.8 Å². The van der Waals surface area contributed by atoms with Gasteiger partial charge in [-0.05, 0) is 43.3 Å². The highest BCUT2D eigenvalue weighted by atomic mass is 35.5. The topological polar surface area (TPSA) is 120 Å². The summed E-state index contributed by atoms with van der Waals surface area (Å²) >= 11 is 7.16. The van der Waals surface area contributed by atoms with Crippen LogP contribution < -0.4 is 10.9 Å². The van der Waals surface area contributed by atoms with Gasteiger partial charge in [-0.3, -0.25) is 24.3 Å². The molecule has 0 aliphatic rings. The predicted molar refractivity (Wildman–Crippen MR) is 126 cm³/mol. The van der Waals surface area contributed by atoms with E-state index in [1.165, 1.54) is 29.0 Å². The number of thioether (sulfide) groups is 1. The van der Waals surface area contributed by atoms with Crippen LogP contribution in [0.2, 0.25) is 5.02 Å². The van der Waals surface area contributed by atoms with Crippen LogP contribution in [0, 0.1) is 10.1 Å². The number of amides is 1. The van der Waals surface area contributed by atoms with Gasteiger partial charge < -0.3 is 9.73 Å². The molecule has 0 aliphatic heterocycles. The van der Waals surface area contributed by atoms with Crippen LogP contribution in [-0.2, 0) is 11.3 Å². The zero-order chi connectivity index (χ0) is 23.5. The molecule has 0 aliphatic carbocycles. The number of nitrogens with one attached hydrogen (secondary N) is 1. The molecule has 33 heavy (non-hydrogen) atoms. The third-order valence-corrected chi connectivity index (χ3v) is 6.08. The minimum Gasteiger partial charge on any atom is -0.467 e. The molecule has 2 aromatic heterocycles. The average molecular weight is 485 g/mol. The summed E-state index contributed by atoms with van der Waals surface area (Å²) in [6.45, 7) is 1.79. The van der Waals surface area contributed by atoms with E-state index in [9.17, 15) is 19.7 Å². The quantitative estimate of drug-likeness (QED) is 0.174. The molecule has 4 aromatic rings. The largest absolute Gasteiger partial charge is 0.467 e. The molecule has 4 rings (SSSR count). The molecule has 11 heteroatoms. The van der Waals surface area contributed by atoms with Crippen molar-refractivity contribution < 1.29 is 14.1 Å². The van der Waals surface area contributed by atoms with Crippen molar-refractivity contribution in [1.82, 2.24) is 9.55 Å². The second-order valence-electron chi connectivity index (χ2n) is 7.08. The van der Waals surface area contributed by atoms with E-state index in [1.807, 2.05) is 0 Å². The molecule has 0 saturated carbocycles. The van der Waals surface area contributed by atoms with Crippen molar-refractivity contribution in [3.8, 4) is 0 Å².